The summed E-state index contributed by atoms with van der Waals surface area (Å²) in [6.45, 7) is 2.56. The van der Waals surface area contributed by atoms with E-state index in [0.717, 1.165) is 8.66 Å². The molecular formula is C7H12BrClN2S. The molecule has 0 bridgehead atoms. The zero-order chi connectivity index (χ0) is 8.43. The number of hydrogen-bond donors (Lipinski definition) is 2. The van der Waals surface area contributed by atoms with Gasteiger partial charge >= 0.3 is 0 Å². The first kappa shape index (κ1) is 12.4. The van der Waals surface area contributed by atoms with Gasteiger partial charge in [0, 0.05) is 11.4 Å². The first-order valence-corrected chi connectivity index (χ1v) is 4.97. The highest BCUT2D eigenvalue weighted by Gasteiger charge is 2.08. The van der Waals surface area contributed by atoms with Crippen LogP contribution in [0.5, 0.6) is 0 Å². The van der Waals surface area contributed by atoms with Gasteiger partial charge in [-0.25, -0.2) is 0 Å². The summed E-state index contributed by atoms with van der Waals surface area (Å²) in [6, 6.07) is 2.07. The van der Waals surface area contributed by atoms with Gasteiger partial charge < -0.3 is 11.5 Å². The van der Waals surface area contributed by atoms with Crippen LogP contribution in [0.15, 0.2) is 9.85 Å². The molecular weight excluding hydrogens is 260 g/mol. The predicted molar refractivity (Wildman–Crippen MR) is 60.0 cm³/mol. The van der Waals surface area contributed by atoms with Crippen LogP contribution in [0.2, 0.25) is 0 Å². The third-order valence-corrected chi connectivity index (χ3v) is 3.76. The lowest BCUT2D eigenvalue weighted by atomic mass is 10.2. The summed E-state index contributed by atoms with van der Waals surface area (Å²) in [5, 5.41) is 0. The molecule has 4 N–H and O–H groups in total. The minimum absolute atomic E-state index is 0. The van der Waals surface area contributed by atoms with Crippen molar-refractivity contribution in [3.8, 4) is 0 Å². The smallest absolute Gasteiger partial charge is 0.0731 e. The van der Waals surface area contributed by atoms with E-state index in [-0.39, 0.29) is 18.4 Å². The van der Waals surface area contributed by atoms with Crippen LogP contribution in [0.4, 0.5) is 0 Å². The minimum atomic E-state index is -0.00926. The van der Waals surface area contributed by atoms with Crippen molar-refractivity contribution in [1.82, 2.24) is 0 Å². The van der Waals surface area contributed by atoms with Crippen LogP contribution in [0.1, 0.15) is 16.5 Å². The van der Waals surface area contributed by atoms with E-state index in [0.29, 0.717) is 6.54 Å². The van der Waals surface area contributed by atoms with E-state index >= 15 is 0 Å². The van der Waals surface area contributed by atoms with Crippen molar-refractivity contribution < 1.29 is 0 Å². The summed E-state index contributed by atoms with van der Waals surface area (Å²) in [5.41, 5.74) is 12.4. The second-order valence-corrected chi connectivity index (χ2v) is 4.85. The Morgan fingerprint density at radius 2 is 2.25 bits per heavy atom. The van der Waals surface area contributed by atoms with Gasteiger partial charge in [0.25, 0.3) is 0 Å². The van der Waals surface area contributed by atoms with Gasteiger partial charge in [0.05, 0.1) is 9.83 Å². The lowest BCUT2D eigenvalue weighted by Gasteiger charge is -2.03. The fraction of sp³-hybridized carbons (Fsp3) is 0.429. The highest BCUT2D eigenvalue weighted by Crippen LogP contribution is 2.29. The van der Waals surface area contributed by atoms with Crippen molar-refractivity contribution in [3.63, 3.8) is 0 Å². The van der Waals surface area contributed by atoms with Crippen LogP contribution in [-0.2, 0) is 0 Å². The van der Waals surface area contributed by atoms with Crippen LogP contribution in [0.25, 0.3) is 0 Å². The molecule has 0 saturated carbocycles. The molecule has 70 valence electrons. The molecule has 0 spiro atoms. The van der Waals surface area contributed by atoms with Gasteiger partial charge in [0.15, 0.2) is 0 Å². The largest absolute Gasteiger partial charge is 0.329 e. The maximum Gasteiger partial charge on any atom is 0.0731 e. The molecule has 1 atom stereocenters. The van der Waals surface area contributed by atoms with Crippen LogP contribution >= 0.6 is 39.7 Å². The topological polar surface area (TPSA) is 52.0 Å². The Morgan fingerprint density at radius 3 is 2.58 bits per heavy atom. The molecule has 0 aromatic carbocycles. The average Bonchev–Trinajstić information content (AvgIpc) is 2.31. The van der Waals surface area contributed by atoms with Crippen LogP contribution in [-0.4, -0.2) is 6.54 Å². The average molecular weight is 272 g/mol. The molecule has 1 aromatic heterocycles. The molecule has 0 aliphatic carbocycles. The molecule has 0 amide bonds. The first-order chi connectivity index (χ1) is 5.15. The number of aryl methyl sites for hydroxylation is 1. The molecule has 1 rings (SSSR count). The number of nitrogens with two attached hydrogens (primary N) is 2. The van der Waals surface area contributed by atoms with E-state index in [2.05, 4.69) is 22.0 Å². The summed E-state index contributed by atoms with van der Waals surface area (Å²) < 4.78 is 1.15. The molecule has 0 aliphatic rings. The molecule has 12 heavy (non-hydrogen) atoms. The Bertz CT molecular complexity index is 232. The van der Waals surface area contributed by atoms with E-state index in [1.807, 2.05) is 6.92 Å². The molecule has 0 saturated heterocycles. The molecule has 1 aromatic rings. The molecule has 0 unspecified atom stereocenters. The van der Waals surface area contributed by atoms with Crippen molar-refractivity contribution in [1.29, 1.82) is 0 Å². The van der Waals surface area contributed by atoms with E-state index in [1.54, 1.807) is 11.3 Å². The Morgan fingerprint density at radius 1 is 1.67 bits per heavy atom. The second kappa shape index (κ2) is 5.19. The summed E-state index contributed by atoms with van der Waals surface area (Å²) >= 11 is 5.09. The number of halogens is 2. The van der Waals surface area contributed by atoms with Crippen molar-refractivity contribution >= 4 is 39.7 Å². The van der Waals surface area contributed by atoms with Crippen molar-refractivity contribution in [2.24, 2.45) is 11.5 Å². The van der Waals surface area contributed by atoms with Gasteiger partial charge in [-0.1, -0.05) is 0 Å². The predicted octanol–water partition coefficient (Wildman–Crippen LogP) is 2.20. The van der Waals surface area contributed by atoms with Crippen molar-refractivity contribution in [2.45, 2.75) is 13.0 Å². The van der Waals surface area contributed by atoms with Gasteiger partial charge in [-0.05, 0) is 34.5 Å². The van der Waals surface area contributed by atoms with Gasteiger partial charge in [0.2, 0.25) is 0 Å². The molecule has 2 nitrogen and oxygen atoms in total. The Kier molecular flexibility index (Phi) is 5.36. The Labute approximate surface area is 90.9 Å². The zero-order valence-electron chi connectivity index (χ0n) is 6.71. The fourth-order valence-electron chi connectivity index (χ4n) is 0.782. The van der Waals surface area contributed by atoms with Crippen molar-refractivity contribution in [3.05, 3.63) is 20.3 Å². The van der Waals surface area contributed by atoms with Crippen LogP contribution in [0, 0.1) is 6.92 Å². The summed E-state index contributed by atoms with van der Waals surface area (Å²) in [4.78, 5) is 1.15. The summed E-state index contributed by atoms with van der Waals surface area (Å²) in [5.74, 6) is 0. The summed E-state index contributed by atoms with van der Waals surface area (Å²) in [7, 11) is 0. The minimum Gasteiger partial charge on any atom is -0.329 e. The van der Waals surface area contributed by atoms with Crippen LogP contribution < -0.4 is 11.5 Å². The van der Waals surface area contributed by atoms with Gasteiger partial charge in [-0.3, -0.25) is 0 Å². The monoisotopic (exact) mass is 270 g/mol. The standard InChI is InChI=1S/C7H11BrN2S.ClH/c1-4-2-6(5(10)3-9)11-7(4)8;/h2,5H,3,9-10H2,1H3;1H/t5-;/m1./s1. The third kappa shape index (κ3) is 2.71. The van der Waals surface area contributed by atoms with Gasteiger partial charge in [-0.2, -0.15) is 0 Å². The van der Waals surface area contributed by atoms with Crippen molar-refractivity contribution in [2.75, 3.05) is 6.54 Å². The fourth-order valence-corrected chi connectivity index (χ4v) is 2.37. The third-order valence-electron chi connectivity index (χ3n) is 1.50. The normalized spacial score (nSPS) is 12.3. The maximum atomic E-state index is 5.74. The van der Waals surface area contributed by atoms with Gasteiger partial charge in [0.1, 0.15) is 0 Å². The van der Waals surface area contributed by atoms with Crippen LogP contribution in [0.3, 0.4) is 0 Å². The molecule has 0 radical (unpaired) electrons. The number of rotatable bonds is 2. The lowest BCUT2D eigenvalue weighted by molar-refractivity contribution is 0.751. The van der Waals surface area contributed by atoms with E-state index in [4.69, 9.17) is 11.5 Å². The molecule has 1 heterocycles. The Balaban J connectivity index is 0.00000121. The quantitative estimate of drug-likeness (QED) is 0.866. The Hall–Kier alpha value is 0.390. The molecule has 5 heteroatoms. The SMILES string of the molecule is Cc1cc([C@H](N)CN)sc1Br.Cl. The summed E-state index contributed by atoms with van der Waals surface area (Å²) in [6.07, 6.45) is 0. The van der Waals surface area contributed by atoms with Gasteiger partial charge in [-0.15, -0.1) is 23.7 Å². The van der Waals surface area contributed by atoms with E-state index < -0.39 is 0 Å². The lowest BCUT2D eigenvalue weighted by Crippen LogP contribution is -2.19. The second-order valence-electron chi connectivity index (χ2n) is 2.45. The van der Waals surface area contributed by atoms with E-state index in [1.165, 1.54) is 5.56 Å². The first-order valence-electron chi connectivity index (χ1n) is 3.36. The highest BCUT2D eigenvalue weighted by atomic mass is 79.9. The molecule has 0 fully saturated rings. The number of hydrogen-bond acceptors (Lipinski definition) is 3. The highest BCUT2D eigenvalue weighted by molar-refractivity contribution is 9.11. The number of thiophene rings is 1. The molecule has 0 aliphatic heterocycles. The zero-order valence-corrected chi connectivity index (χ0v) is 9.93. The van der Waals surface area contributed by atoms with E-state index in [9.17, 15) is 0 Å². The maximum absolute atomic E-state index is 5.74.